The Morgan fingerprint density at radius 2 is 2.08 bits per heavy atom. The fourth-order valence-corrected chi connectivity index (χ4v) is 2.49. The van der Waals surface area contributed by atoms with Gasteiger partial charge < -0.3 is 20.6 Å². The first-order valence-corrected chi connectivity index (χ1v) is 8.63. The molecule has 0 bridgehead atoms. The van der Waals surface area contributed by atoms with Crippen molar-refractivity contribution in [3.63, 3.8) is 0 Å². The van der Waals surface area contributed by atoms with Crippen LogP contribution in [-0.2, 0) is 25.2 Å². The summed E-state index contributed by atoms with van der Waals surface area (Å²) in [4.78, 5) is 37.0. The van der Waals surface area contributed by atoms with Crippen molar-refractivity contribution in [3.8, 4) is 0 Å². The van der Waals surface area contributed by atoms with Gasteiger partial charge in [0.15, 0.2) is 0 Å². The van der Waals surface area contributed by atoms with Gasteiger partial charge in [-0.05, 0) is 24.1 Å². The van der Waals surface area contributed by atoms with E-state index in [0.29, 0.717) is 5.57 Å². The van der Waals surface area contributed by atoms with Gasteiger partial charge in [-0.1, -0.05) is 0 Å². The first kappa shape index (κ1) is 19.6. The van der Waals surface area contributed by atoms with Crippen LogP contribution in [0.4, 0.5) is 0 Å². The largest absolute Gasteiger partial charge is 0.480 e. The molecule has 0 saturated heterocycles. The minimum Gasteiger partial charge on any atom is -0.480 e. The molecule has 0 amide bonds. The van der Waals surface area contributed by atoms with Crippen LogP contribution in [0.5, 0.6) is 0 Å². The number of carbonyl (C=O) groups is 3. The number of aliphatic imine (C=N–C) groups is 1. The minimum absolute atomic E-state index is 0.0366. The summed E-state index contributed by atoms with van der Waals surface area (Å²) in [6.07, 6.45) is 5.45. The third kappa shape index (κ3) is 6.32. The van der Waals surface area contributed by atoms with E-state index in [1.165, 1.54) is 24.6 Å². The standard InChI is InChI=1S/C14H18N2O7S/c1-24(23)5-3-9(12(17)18)15-4-2-8-6-10(13(19)20)16-11(7-8)14(21)22/h2,4,6,9,11,16H,3,5,7H2,1H3,(H,17,18)(H,19,20)(H,21,22)/b8-2+,15-4?/t9-,11-,24+/m1/s1. The van der Waals surface area contributed by atoms with Crippen LogP contribution in [0, 0.1) is 0 Å². The minimum atomic E-state index is -1.29. The van der Waals surface area contributed by atoms with E-state index in [9.17, 15) is 18.6 Å². The maximum atomic E-state index is 11.1. The molecule has 0 aromatic rings. The number of nitrogens with zero attached hydrogens (tertiary/aromatic N) is 1. The molecule has 0 radical (unpaired) electrons. The van der Waals surface area contributed by atoms with Crippen molar-refractivity contribution in [2.45, 2.75) is 24.9 Å². The predicted octanol–water partition coefficient (Wildman–Crippen LogP) is -0.380. The molecule has 1 heterocycles. The van der Waals surface area contributed by atoms with Crippen LogP contribution in [0.15, 0.2) is 28.4 Å². The van der Waals surface area contributed by atoms with Crippen molar-refractivity contribution in [1.82, 2.24) is 5.32 Å². The normalized spacial score (nSPS) is 21.8. The zero-order valence-electron chi connectivity index (χ0n) is 12.8. The number of nitrogens with one attached hydrogen (secondary N) is 1. The van der Waals surface area contributed by atoms with Crippen molar-refractivity contribution in [2.75, 3.05) is 12.0 Å². The summed E-state index contributed by atoms with van der Waals surface area (Å²) >= 11 is 0. The summed E-state index contributed by atoms with van der Waals surface area (Å²) in [5.74, 6) is -3.46. The van der Waals surface area contributed by atoms with Gasteiger partial charge in [0.05, 0.1) is 0 Å². The van der Waals surface area contributed by atoms with Crippen molar-refractivity contribution in [2.24, 2.45) is 4.99 Å². The van der Waals surface area contributed by atoms with Gasteiger partial charge >= 0.3 is 17.9 Å². The van der Waals surface area contributed by atoms with Gasteiger partial charge in [0.25, 0.3) is 0 Å². The molecule has 0 aliphatic carbocycles. The van der Waals surface area contributed by atoms with E-state index in [0.717, 1.165) is 0 Å². The van der Waals surface area contributed by atoms with Crippen LogP contribution in [-0.4, -0.2) is 67.7 Å². The highest BCUT2D eigenvalue weighted by Crippen LogP contribution is 2.16. The lowest BCUT2D eigenvalue weighted by atomic mass is 10.00. The highest BCUT2D eigenvalue weighted by atomic mass is 32.2. The Bertz CT molecular complexity index is 639. The average Bonchev–Trinajstić information content (AvgIpc) is 2.49. The molecule has 10 heteroatoms. The number of rotatable bonds is 8. The molecular formula is C14H18N2O7S. The van der Waals surface area contributed by atoms with Crippen LogP contribution in [0.2, 0.25) is 0 Å². The molecule has 0 unspecified atom stereocenters. The van der Waals surface area contributed by atoms with Crippen molar-refractivity contribution in [1.29, 1.82) is 0 Å². The molecule has 0 aromatic heterocycles. The number of hydrogen-bond donors (Lipinski definition) is 4. The highest BCUT2D eigenvalue weighted by molar-refractivity contribution is 7.84. The number of hydrogen-bond acceptors (Lipinski definition) is 6. The van der Waals surface area contributed by atoms with E-state index in [2.05, 4.69) is 10.3 Å². The fraction of sp³-hybridized carbons (Fsp3) is 0.429. The summed E-state index contributed by atoms with van der Waals surface area (Å²) in [6, 6.07) is -2.15. The van der Waals surface area contributed by atoms with Gasteiger partial charge in [0.2, 0.25) is 0 Å². The Balaban J connectivity index is 2.90. The molecule has 1 rings (SSSR count). The van der Waals surface area contributed by atoms with Crippen molar-refractivity contribution in [3.05, 3.63) is 23.4 Å². The fourth-order valence-electron chi connectivity index (χ4n) is 1.93. The molecule has 9 nitrogen and oxygen atoms in total. The van der Waals surface area contributed by atoms with Crippen molar-refractivity contribution >= 4 is 34.9 Å². The quantitative estimate of drug-likeness (QED) is 0.428. The maximum absolute atomic E-state index is 11.1. The van der Waals surface area contributed by atoms with E-state index in [1.807, 2.05) is 0 Å². The third-order valence-corrected chi connectivity index (χ3v) is 3.96. The molecule has 0 fully saturated rings. The lowest BCUT2D eigenvalue weighted by molar-refractivity contribution is -0.140. The number of carboxylic acid groups (broad SMARTS) is 3. The monoisotopic (exact) mass is 358 g/mol. The second-order valence-electron chi connectivity index (χ2n) is 5.06. The summed E-state index contributed by atoms with van der Waals surface area (Å²) < 4.78 is 11.0. The predicted molar refractivity (Wildman–Crippen MR) is 86.4 cm³/mol. The lowest BCUT2D eigenvalue weighted by Gasteiger charge is -2.21. The summed E-state index contributed by atoms with van der Waals surface area (Å²) in [7, 11) is -1.13. The number of aliphatic carboxylic acids is 3. The van der Waals surface area contributed by atoms with Gasteiger partial charge in [-0.25, -0.2) is 14.4 Å². The SMILES string of the molecule is C[S@](=O)CC[C@@H](N=C/C=C1\C=C(C(=O)O)N[C@@H](C(=O)O)C1)C(=O)O. The van der Waals surface area contributed by atoms with Crippen molar-refractivity contribution < 1.29 is 33.9 Å². The van der Waals surface area contributed by atoms with Gasteiger partial charge in [-0.15, -0.1) is 0 Å². The third-order valence-electron chi connectivity index (χ3n) is 3.15. The molecule has 1 aliphatic rings. The average molecular weight is 358 g/mol. The molecule has 4 N–H and O–H groups in total. The number of allylic oxidation sites excluding steroid dienone is 2. The second-order valence-corrected chi connectivity index (χ2v) is 6.62. The molecule has 0 aromatic carbocycles. The zero-order valence-corrected chi connectivity index (χ0v) is 13.7. The Morgan fingerprint density at radius 1 is 1.42 bits per heavy atom. The van der Waals surface area contributed by atoms with E-state index in [4.69, 9.17) is 15.3 Å². The lowest BCUT2D eigenvalue weighted by Crippen LogP contribution is -2.41. The van der Waals surface area contributed by atoms with Crippen LogP contribution in [0.25, 0.3) is 0 Å². The Kier molecular flexibility index (Phi) is 7.31. The Morgan fingerprint density at radius 3 is 2.58 bits per heavy atom. The smallest absolute Gasteiger partial charge is 0.351 e. The molecule has 0 spiro atoms. The summed E-state index contributed by atoms with van der Waals surface area (Å²) in [5.41, 5.74) is 0.134. The van der Waals surface area contributed by atoms with Crippen LogP contribution >= 0.6 is 0 Å². The van der Waals surface area contributed by atoms with Gasteiger partial charge in [0, 0.05) is 35.4 Å². The van der Waals surface area contributed by atoms with Gasteiger partial charge in [0.1, 0.15) is 17.8 Å². The van der Waals surface area contributed by atoms with E-state index in [1.54, 1.807) is 0 Å². The Hall–Kier alpha value is -2.49. The van der Waals surface area contributed by atoms with E-state index < -0.39 is 40.8 Å². The molecule has 0 saturated carbocycles. The molecule has 24 heavy (non-hydrogen) atoms. The first-order valence-electron chi connectivity index (χ1n) is 6.90. The number of carboxylic acids is 3. The molecule has 3 atom stereocenters. The highest BCUT2D eigenvalue weighted by Gasteiger charge is 2.26. The van der Waals surface area contributed by atoms with Gasteiger partial charge in [-0.2, -0.15) is 0 Å². The van der Waals surface area contributed by atoms with Crippen LogP contribution in [0.3, 0.4) is 0 Å². The van der Waals surface area contributed by atoms with E-state index >= 15 is 0 Å². The van der Waals surface area contributed by atoms with E-state index in [-0.39, 0.29) is 24.3 Å². The topological polar surface area (TPSA) is 153 Å². The maximum Gasteiger partial charge on any atom is 0.351 e. The Labute approximate surface area is 140 Å². The molecular weight excluding hydrogens is 340 g/mol. The van der Waals surface area contributed by atoms with Crippen LogP contribution in [0.1, 0.15) is 12.8 Å². The van der Waals surface area contributed by atoms with Gasteiger partial charge in [-0.3, -0.25) is 9.20 Å². The molecule has 1 aliphatic heterocycles. The first-order chi connectivity index (χ1) is 11.2. The zero-order chi connectivity index (χ0) is 18.3. The summed E-state index contributed by atoms with van der Waals surface area (Å²) in [6.45, 7) is 0. The van der Waals surface area contributed by atoms with Crippen LogP contribution < -0.4 is 5.32 Å². The molecule has 132 valence electrons. The summed E-state index contributed by atoms with van der Waals surface area (Å²) in [5, 5.41) is 29.4. The second kappa shape index (κ2) is 8.96.